The van der Waals surface area contributed by atoms with Gasteiger partial charge in [-0.2, -0.15) is 23.2 Å². The molecule has 0 fully saturated rings. The molecule has 5 aromatic carbocycles. The van der Waals surface area contributed by atoms with Crippen molar-refractivity contribution in [3.8, 4) is 28.4 Å². The van der Waals surface area contributed by atoms with Gasteiger partial charge in [-0.15, -0.1) is 29.7 Å². The summed E-state index contributed by atoms with van der Waals surface area (Å²) in [7, 11) is 0. The van der Waals surface area contributed by atoms with Crippen LogP contribution in [0.4, 0.5) is 22.7 Å². The molecular formula is C41H29N5OPt-2. The minimum atomic E-state index is -0.00924. The number of fused-ring (bicyclic) bond motifs is 5. The predicted octanol–water partition coefficient (Wildman–Crippen LogP) is 9.91. The maximum atomic E-state index is 6.49. The number of aliphatic imine (C=N–C) groups is 1. The summed E-state index contributed by atoms with van der Waals surface area (Å²) < 4.78 is 10.6. The zero-order valence-corrected chi connectivity index (χ0v) is 28.8. The Morgan fingerprint density at radius 3 is 2.44 bits per heavy atom. The number of pyridine rings is 1. The number of hydrogen-bond acceptors (Lipinski definition) is 4. The summed E-state index contributed by atoms with van der Waals surface area (Å²) >= 11 is 0. The molecule has 0 unspecified atom stereocenters. The van der Waals surface area contributed by atoms with Gasteiger partial charge in [0.05, 0.1) is 5.69 Å². The minimum absolute atomic E-state index is 0. The molecule has 4 heterocycles. The first-order chi connectivity index (χ1) is 22.9. The van der Waals surface area contributed by atoms with Crippen molar-refractivity contribution < 1.29 is 30.4 Å². The van der Waals surface area contributed by atoms with Crippen LogP contribution in [0.5, 0.6) is 11.5 Å². The Kier molecular flexibility index (Phi) is 7.15. The fraction of sp³-hybridized carbons (Fsp3) is 0.0976. The Bertz CT molecular complexity index is 2450. The third kappa shape index (κ3) is 4.87. The first kappa shape index (κ1) is 30.0. The van der Waals surface area contributed by atoms with E-state index in [1.165, 1.54) is 5.56 Å². The average Bonchev–Trinajstić information content (AvgIpc) is 3.61. The molecule has 0 aliphatic carbocycles. The quantitative estimate of drug-likeness (QED) is 0.132. The normalized spacial score (nSPS) is 13.1. The van der Waals surface area contributed by atoms with Crippen molar-refractivity contribution in [3.05, 3.63) is 133 Å². The number of ether oxygens (including phenoxy) is 1. The average molecular weight is 803 g/mol. The first-order valence-corrected chi connectivity index (χ1v) is 15.7. The van der Waals surface area contributed by atoms with Gasteiger partial charge in [0.2, 0.25) is 0 Å². The van der Waals surface area contributed by atoms with Crippen LogP contribution in [0.2, 0.25) is 0 Å². The zero-order chi connectivity index (χ0) is 31.7. The fourth-order valence-corrected chi connectivity index (χ4v) is 6.52. The Hall–Kier alpha value is -5.32. The molecule has 9 rings (SSSR count). The summed E-state index contributed by atoms with van der Waals surface area (Å²) in [5.41, 5.74) is 9.14. The molecule has 0 radical (unpaired) electrons. The van der Waals surface area contributed by atoms with Crippen LogP contribution < -0.4 is 9.64 Å². The van der Waals surface area contributed by atoms with Crippen molar-refractivity contribution >= 4 is 57.2 Å². The summed E-state index contributed by atoms with van der Waals surface area (Å²) in [5, 5.41) is 2.23. The van der Waals surface area contributed by atoms with Crippen molar-refractivity contribution in [3.63, 3.8) is 0 Å². The van der Waals surface area contributed by atoms with Crippen LogP contribution in [0, 0.1) is 12.1 Å². The van der Waals surface area contributed by atoms with Crippen molar-refractivity contribution in [2.45, 2.75) is 26.2 Å². The van der Waals surface area contributed by atoms with Gasteiger partial charge in [0.25, 0.3) is 0 Å². The van der Waals surface area contributed by atoms with E-state index in [1.807, 2.05) is 64.5 Å². The molecule has 0 bridgehead atoms. The van der Waals surface area contributed by atoms with Gasteiger partial charge in [-0.25, -0.2) is 4.98 Å². The third-order valence-corrected chi connectivity index (χ3v) is 8.82. The molecular weight excluding hydrogens is 774 g/mol. The zero-order valence-electron chi connectivity index (χ0n) is 26.5. The summed E-state index contributed by atoms with van der Waals surface area (Å²) in [6, 6.07) is 44.3. The molecule has 0 saturated heterocycles. The SMILES string of the molecule is CC(C)(C)c1ccnc(-n2c3[c-]c(Oc4[c-]c(N5[C-]=[N+]6C=Nc7cccc(c76)-c6ccccc65)ccc4)ccc3c3ccccc32)c1.[Pt]. The van der Waals surface area contributed by atoms with E-state index in [-0.39, 0.29) is 26.5 Å². The largest absolute Gasteiger partial charge is 0.510 e. The Morgan fingerprint density at radius 2 is 1.54 bits per heavy atom. The van der Waals surface area contributed by atoms with Crippen LogP contribution in [0.3, 0.4) is 0 Å². The Morgan fingerprint density at radius 1 is 0.750 bits per heavy atom. The predicted molar refractivity (Wildman–Crippen MR) is 189 cm³/mol. The molecule has 48 heavy (non-hydrogen) atoms. The van der Waals surface area contributed by atoms with E-state index >= 15 is 0 Å². The topological polar surface area (TPSA) is 45.7 Å². The molecule has 236 valence electrons. The van der Waals surface area contributed by atoms with E-state index in [4.69, 9.17) is 9.72 Å². The molecule has 7 aromatic rings. The second-order valence-corrected chi connectivity index (χ2v) is 12.8. The summed E-state index contributed by atoms with van der Waals surface area (Å²) in [6.45, 7) is 6.65. The summed E-state index contributed by atoms with van der Waals surface area (Å²) in [6.07, 6.45) is 7.23. The maximum absolute atomic E-state index is 6.49. The number of hydrogen-bond donors (Lipinski definition) is 0. The van der Waals surface area contributed by atoms with Gasteiger partial charge in [0.1, 0.15) is 11.5 Å². The molecule has 0 amide bonds. The molecule has 2 aromatic heterocycles. The van der Waals surface area contributed by atoms with Gasteiger partial charge in [-0.05, 0) is 51.8 Å². The minimum Gasteiger partial charge on any atom is -0.510 e. The van der Waals surface area contributed by atoms with Gasteiger partial charge in [-0.3, -0.25) is 4.58 Å². The van der Waals surface area contributed by atoms with E-state index in [0.717, 1.165) is 61.5 Å². The van der Waals surface area contributed by atoms with E-state index in [2.05, 4.69) is 116 Å². The van der Waals surface area contributed by atoms with Crippen LogP contribution in [-0.2, 0) is 26.5 Å². The second-order valence-electron chi connectivity index (χ2n) is 12.8. The summed E-state index contributed by atoms with van der Waals surface area (Å²) in [5.74, 6) is 2.02. The molecule has 0 atom stereocenters. The number of para-hydroxylation sites is 3. The number of nitrogens with zero attached hydrogens (tertiary/aromatic N) is 5. The van der Waals surface area contributed by atoms with Gasteiger partial charge in [-0.1, -0.05) is 86.6 Å². The van der Waals surface area contributed by atoms with E-state index in [0.29, 0.717) is 11.5 Å². The van der Waals surface area contributed by atoms with Gasteiger partial charge in [0.15, 0.2) is 12.7 Å². The molecule has 0 saturated carbocycles. The number of rotatable bonds is 4. The van der Waals surface area contributed by atoms with Crippen LogP contribution >= 0.6 is 0 Å². The van der Waals surface area contributed by atoms with Crippen LogP contribution in [-0.4, -0.2) is 26.8 Å². The fourth-order valence-electron chi connectivity index (χ4n) is 6.52. The molecule has 0 N–H and O–H groups in total. The van der Waals surface area contributed by atoms with Crippen LogP contribution in [0.1, 0.15) is 26.3 Å². The third-order valence-electron chi connectivity index (χ3n) is 8.82. The van der Waals surface area contributed by atoms with Crippen molar-refractivity contribution in [1.82, 2.24) is 9.55 Å². The van der Waals surface area contributed by atoms with Crippen molar-refractivity contribution in [2.24, 2.45) is 4.99 Å². The molecule has 2 aliphatic rings. The van der Waals surface area contributed by atoms with Gasteiger partial charge >= 0.3 is 0 Å². The number of anilines is 2. The van der Waals surface area contributed by atoms with Gasteiger partial charge in [0, 0.05) is 50.0 Å². The number of benzene rings is 5. The monoisotopic (exact) mass is 802 g/mol. The van der Waals surface area contributed by atoms with Gasteiger partial charge < -0.3 is 14.2 Å². The molecule has 7 heteroatoms. The molecule has 0 spiro atoms. The van der Waals surface area contributed by atoms with Crippen molar-refractivity contribution in [2.75, 3.05) is 4.90 Å². The number of aromatic nitrogens is 2. The molecule has 2 aliphatic heterocycles. The van der Waals surface area contributed by atoms with Crippen molar-refractivity contribution in [1.29, 1.82) is 0 Å². The maximum Gasteiger partial charge on any atom is 0.197 e. The Balaban J connectivity index is 0.00000336. The van der Waals surface area contributed by atoms with E-state index in [1.54, 1.807) is 0 Å². The van der Waals surface area contributed by atoms with E-state index < -0.39 is 0 Å². The van der Waals surface area contributed by atoms with Crippen LogP contribution in [0.25, 0.3) is 38.8 Å². The first-order valence-electron chi connectivity index (χ1n) is 15.7. The Labute approximate surface area is 293 Å². The summed E-state index contributed by atoms with van der Waals surface area (Å²) in [4.78, 5) is 11.4. The van der Waals surface area contributed by atoms with E-state index in [9.17, 15) is 0 Å². The second kappa shape index (κ2) is 11.4. The standard InChI is InChI=1S/C41H29N5O.Pt/c1-41(2,3)27-20-21-42-39(22-27)46-37-17-7-5-12-31(37)33-19-18-30(24-38(33)46)47-29-11-8-10-28(23-29)45-26-44-25-43-35-15-9-14-34(40(35)44)32-13-4-6-16-36(32)45;/h4-22,25H,1-3H3;/q-2;. The smallest absolute Gasteiger partial charge is 0.197 e. The van der Waals surface area contributed by atoms with Crippen LogP contribution in [0.15, 0.2) is 120 Å². The molecule has 6 nitrogen and oxygen atoms in total.